The van der Waals surface area contributed by atoms with Gasteiger partial charge in [0.15, 0.2) is 5.82 Å². The Balaban J connectivity index is 2.29. The maximum Gasteiger partial charge on any atom is 0.229 e. The number of nitrogens with one attached hydrogen (secondary N) is 2. The lowest BCUT2D eigenvalue weighted by atomic mass is 10.3. The Labute approximate surface area is 124 Å². The summed E-state index contributed by atoms with van der Waals surface area (Å²) in [5, 5.41) is 3.06. The van der Waals surface area contributed by atoms with E-state index in [2.05, 4.69) is 36.6 Å². The van der Waals surface area contributed by atoms with Gasteiger partial charge in [-0.2, -0.15) is 4.98 Å². The maximum atomic E-state index is 5.37. The number of hydrogen-bond donors (Lipinski definition) is 3. The predicted molar refractivity (Wildman–Crippen MR) is 80.4 cm³/mol. The topological polar surface area (TPSA) is 94.3 Å². The highest BCUT2D eigenvalue weighted by Crippen LogP contribution is 2.28. The second-order valence-electron chi connectivity index (χ2n) is 3.76. The van der Waals surface area contributed by atoms with Gasteiger partial charge in [-0.1, -0.05) is 0 Å². The summed E-state index contributed by atoms with van der Waals surface area (Å²) in [6.07, 6.45) is 1.60. The molecule has 0 amide bonds. The van der Waals surface area contributed by atoms with Crippen LogP contribution >= 0.6 is 15.9 Å². The monoisotopic (exact) mass is 339 g/mol. The van der Waals surface area contributed by atoms with Crippen LogP contribution in [0.2, 0.25) is 0 Å². The van der Waals surface area contributed by atoms with Crippen molar-refractivity contribution in [2.75, 3.05) is 25.0 Å². The summed E-state index contributed by atoms with van der Waals surface area (Å²) in [7, 11) is 3.18. The molecule has 2 aromatic rings. The number of hydrazine groups is 1. The van der Waals surface area contributed by atoms with Gasteiger partial charge in [0, 0.05) is 30.1 Å². The third-order valence-corrected chi connectivity index (χ3v) is 3.07. The Hall–Kier alpha value is -2.06. The number of halogens is 1. The van der Waals surface area contributed by atoms with Gasteiger partial charge in [0.05, 0.1) is 18.7 Å². The first-order chi connectivity index (χ1) is 9.66. The molecule has 0 atom stereocenters. The zero-order valence-corrected chi connectivity index (χ0v) is 12.6. The minimum atomic E-state index is 0.399. The molecule has 1 heterocycles. The van der Waals surface area contributed by atoms with Gasteiger partial charge in [-0.05, 0) is 15.9 Å². The van der Waals surface area contributed by atoms with Gasteiger partial charge in [-0.3, -0.25) is 0 Å². The third-order valence-electron chi connectivity index (χ3n) is 2.49. The number of nitrogens with two attached hydrogens (primary N) is 1. The molecule has 0 radical (unpaired) electrons. The molecule has 0 aliphatic carbocycles. The quantitative estimate of drug-likeness (QED) is 0.568. The minimum absolute atomic E-state index is 0.399. The van der Waals surface area contributed by atoms with E-state index in [1.807, 2.05) is 12.1 Å². The van der Waals surface area contributed by atoms with Crippen molar-refractivity contribution >= 4 is 33.4 Å². The Morgan fingerprint density at radius 2 is 1.80 bits per heavy atom. The van der Waals surface area contributed by atoms with E-state index in [9.17, 15) is 0 Å². The van der Waals surface area contributed by atoms with Crippen molar-refractivity contribution in [3.8, 4) is 11.5 Å². The summed E-state index contributed by atoms with van der Waals surface area (Å²) >= 11 is 3.29. The van der Waals surface area contributed by atoms with E-state index in [1.54, 1.807) is 26.5 Å². The van der Waals surface area contributed by atoms with E-state index in [-0.39, 0.29) is 0 Å². The van der Waals surface area contributed by atoms with E-state index < -0.39 is 0 Å². The minimum Gasteiger partial charge on any atom is -0.497 e. The van der Waals surface area contributed by atoms with Crippen molar-refractivity contribution in [2.45, 2.75) is 0 Å². The Kier molecular flexibility index (Phi) is 4.59. The molecule has 0 saturated heterocycles. The van der Waals surface area contributed by atoms with Crippen LogP contribution in [0, 0.1) is 0 Å². The average Bonchev–Trinajstić information content (AvgIpc) is 2.48. The molecule has 7 nitrogen and oxygen atoms in total. The highest BCUT2D eigenvalue weighted by Gasteiger charge is 2.06. The van der Waals surface area contributed by atoms with Crippen LogP contribution in [0.5, 0.6) is 11.5 Å². The van der Waals surface area contributed by atoms with Crippen LogP contribution in [0.4, 0.5) is 17.5 Å². The summed E-state index contributed by atoms with van der Waals surface area (Å²) in [5.41, 5.74) is 3.22. The summed E-state index contributed by atoms with van der Waals surface area (Å²) in [4.78, 5) is 8.36. The molecule has 0 bridgehead atoms. The molecule has 106 valence electrons. The number of methoxy groups -OCH3 is 2. The zero-order valence-electron chi connectivity index (χ0n) is 11.0. The molecule has 0 aliphatic heterocycles. The van der Waals surface area contributed by atoms with Gasteiger partial charge in [0.2, 0.25) is 5.95 Å². The molecule has 0 fully saturated rings. The third kappa shape index (κ3) is 3.28. The molecule has 20 heavy (non-hydrogen) atoms. The highest BCUT2D eigenvalue weighted by atomic mass is 79.9. The van der Waals surface area contributed by atoms with Crippen LogP contribution in [-0.4, -0.2) is 24.2 Å². The van der Waals surface area contributed by atoms with Crippen LogP contribution in [0.25, 0.3) is 0 Å². The number of rotatable bonds is 5. The van der Waals surface area contributed by atoms with Gasteiger partial charge in [-0.25, -0.2) is 10.8 Å². The standard InChI is InChI=1S/C12H14BrN5O2/c1-19-8-3-7(4-9(5-8)20-2)16-12-15-6-10(13)11(17-12)18-14/h3-6H,14H2,1-2H3,(H2,15,16,17,18). The number of ether oxygens (including phenoxy) is 2. The molecule has 2 rings (SSSR count). The van der Waals surface area contributed by atoms with Crippen LogP contribution in [0.3, 0.4) is 0 Å². The number of nitrogen functional groups attached to an aromatic ring is 1. The first-order valence-corrected chi connectivity index (χ1v) is 6.45. The average molecular weight is 340 g/mol. The largest absolute Gasteiger partial charge is 0.497 e. The predicted octanol–water partition coefficient (Wildman–Crippen LogP) is 2.29. The van der Waals surface area contributed by atoms with E-state index in [0.717, 1.165) is 5.69 Å². The first kappa shape index (κ1) is 14.4. The Bertz CT molecular complexity index is 586. The lowest BCUT2D eigenvalue weighted by Crippen LogP contribution is -2.10. The van der Waals surface area contributed by atoms with E-state index in [4.69, 9.17) is 15.3 Å². The number of nitrogens with zero attached hydrogens (tertiary/aromatic N) is 2. The maximum absolute atomic E-state index is 5.37. The van der Waals surface area contributed by atoms with Crippen molar-refractivity contribution < 1.29 is 9.47 Å². The van der Waals surface area contributed by atoms with Crippen molar-refractivity contribution in [2.24, 2.45) is 5.84 Å². The first-order valence-electron chi connectivity index (χ1n) is 5.65. The molecule has 4 N–H and O–H groups in total. The van der Waals surface area contributed by atoms with Crippen LogP contribution in [0.15, 0.2) is 28.9 Å². The number of anilines is 3. The van der Waals surface area contributed by atoms with Gasteiger partial charge >= 0.3 is 0 Å². The molecule has 0 spiro atoms. The van der Waals surface area contributed by atoms with E-state index >= 15 is 0 Å². The molecule has 1 aromatic carbocycles. The second-order valence-corrected chi connectivity index (χ2v) is 4.62. The fourth-order valence-corrected chi connectivity index (χ4v) is 1.84. The lowest BCUT2D eigenvalue weighted by molar-refractivity contribution is 0.395. The molecular weight excluding hydrogens is 326 g/mol. The normalized spacial score (nSPS) is 10.0. The molecule has 1 aromatic heterocycles. The Morgan fingerprint density at radius 1 is 1.15 bits per heavy atom. The molecule has 0 unspecified atom stereocenters. The van der Waals surface area contributed by atoms with Crippen molar-refractivity contribution in [3.05, 3.63) is 28.9 Å². The summed E-state index contributed by atoms with van der Waals surface area (Å²) in [5.74, 6) is 7.58. The molecule has 0 saturated carbocycles. The number of benzene rings is 1. The van der Waals surface area contributed by atoms with Crippen LogP contribution in [0.1, 0.15) is 0 Å². The Morgan fingerprint density at radius 3 is 2.35 bits per heavy atom. The van der Waals surface area contributed by atoms with Gasteiger partial charge in [0.25, 0.3) is 0 Å². The van der Waals surface area contributed by atoms with Gasteiger partial charge in [0.1, 0.15) is 11.5 Å². The van der Waals surface area contributed by atoms with Gasteiger partial charge in [-0.15, -0.1) is 0 Å². The van der Waals surface area contributed by atoms with Crippen LogP contribution in [-0.2, 0) is 0 Å². The van der Waals surface area contributed by atoms with Gasteiger partial charge < -0.3 is 20.2 Å². The summed E-state index contributed by atoms with van der Waals surface area (Å²) in [6, 6.07) is 5.40. The van der Waals surface area contributed by atoms with Crippen molar-refractivity contribution in [1.29, 1.82) is 0 Å². The summed E-state index contributed by atoms with van der Waals surface area (Å²) in [6.45, 7) is 0. The summed E-state index contributed by atoms with van der Waals surface area (Å²) < 4.78 is 11.1. The molecule has 0 aliphatic rings. The number of hydrogen-bond acceptors (Lipinski definition) is 7. The fourth-order valence-electron chi connectivity index (χ4n) is 1.54. The van der Waals surface area contributed by atoms with E-state index in [1.165, 1.54) is 0 Å². The fraction of sp³-hybridized carbons (Fsp3) is 0.167. The second kappa shape index (κ2) is 6.40. The zero-order chi connectivity index (χ0) is 14.5. The smallest absolute Gasteiger partial charge is 0.229 e. The van der Waals surface area contributed by atoms with Crippen LogP contribution < -0.4 is 26.1 Å². The SMILES string of the molecule is COc1cc(Nc2ncc(Br)c(NN)n2)cc(OC)c1. The lowest BCUT2D eigenvalue weighted by Gasteiger charge is -2.10. The van der Waals surface area contributed by atoms with Crippen molar-refractivity contribution in [1.82, 2.24) is 9.97 Å². The number of aromatic nitrogens is 2. The van der Waals surface area contributed by atoms with E-state index in [0.29, 0.717) is 27.7 Å². The highest BCUT2D eigenvalue weighted by molar-refractivity contribution is 9.10. The van der Waals surface area contributed by atoms with Crippen molar-refractivity contribution in [3.63, 3.8) is 0 Å². The molecule has 8 heteroatoms. The molecular formula is C12H14BrN5O2.